The van der Waals surface area contributed by atoms with Crippen LogP contribution in [0.3, 0.4) is 0 Å². The lowest BCUT2D eigenvalue weighted by Crippen LogP contribution is -2.15. The Morgan fingerprint density at radius 2 is 1.66 bits per heavy atom. The summed E-state index contributed by atoms with van der Waals surface area (Å²) in [4.78, 5) is -0.146. The summed E-state index contributed by atoms with van der Waals surface area (Å²) in [7, 11) is 0.185. The van der Waals surface area contributed by atoms with Crippen molar-refractivity contribution in [1.82, 2.24) is 14.9 Å². The minimum atomic E-state index is -4.09. The lowest BCUT2D eigenvalue weighted by Gasteiger charge is -2.13. The molecule has 0 atom stereocenters. The lowest BCUT2D eigenvalue weighted by atomic mass is 10.1. The van der Waals surface area contributed by atoms with Gasteiger partial charge < -0.3 is 18.7 Å². The van der Waals surface area contributed by atoms with E-state index in [1.807, 2.05) is 6.07 Å². The molecular formula is C21H20N4O6S. The van der Waals surface area contributed by atoms with Crippen LogP contribution in [0.15, 0.2) is 70.3 Å². The number of ether oxygens (including phenoxy) is 3. The van der Waals surface area contributed by atoms with Gasteiger partial charge in [-0.1, -0.05) is 11.2 Å². The van der Waals surface area contributed by atoms with Crippen molar-refractivity contribution in [3.8, 4) is 34.3 Å². The normalized spacial score (nSPS) is 11.2. The van der Waals surface area contributed by atoms with Crippen LogP contribution in [0.4, 0.5) is 5.82 Å². The van der Waals surface area contributed by atoms with Crippen LogP contribution < -0.4 is 18.9 Å². The number of hydrogen-bond donors (Lipinski definition) is 1. The molecule has 32 heavy (non-hydrogen) atoms. The minimum absolute atomic E-state index is 0.0143. The highest BCUT2D eigenvalue weighted by molar-refractivity contribution is 7.93. The van der Waals surface area contributed by atoms with Gasteiger partial charge in [0.2, 0.25) is 0 Å². The second-order valence-electron chi connectivity index (χ2n) is 6.51. The zero-order valence-corrected chi connectivity index (χ0v) is 18.3. The minimum Gasteiger partial charge on any atom is -0.496 e. The van der Waals surface area contributed by atoms with Gasteiger partial charge in [-0.15, -0.1) is 0 Å². The first-order valence-corrected chi connectivity index (χ1v) is 10.8. The van der Waals surface area contributed by atoms with Gasteiger partial charge in [0, 0.05) is 18.5 Å². The second-order valence-corrected chi connectivity index (χ2v) is 8.13. The molecule has 0 aliphatic heterocycles. The molecule has 0 saturated carbocycles. The molecule has 2 aromatic carbocycles. The molecule has 0 amide bonds. The van der Waals surface area contributed by atoms with Gasteiger partial charge >= 0.3 is 0 Å². The van der Waals surface area contributed by atoms with Crippen LogP contribution in [0.25, 0.3) is 17.0 Å². The van der Waals surface area contributed by atoms with Crippen LogP contribution in [0.5, 0.6) is 17.2 Å². The molecule has 0 unspecified atom stereocenters. The number of sulfonamides is 1. The van der Waals surface area contributed by atoms with Crippen LogP contribution in [0, 0.1) is 0 Å². The number of anilines is 1. The fourth-order valence-corrected chi connectivity index (χ4v) is 4.48. The quantitative estimate of drug-likeness (QED) is 0.429. The third-order valence-corrected chi connectivity index (χ3v) is 6.04. The van der Waals surface area contributed by atoms with Crippen molar-refractivity contribution in [1.29, 1.82) is 0 Å². The molecule has 0 bridgehead atoms. The molecule has 10 nitrogen and oxygen atoms in total. The van der Waals surface area contributed by atoms with E-state index in [9.17, 15) is 8.42 Å². The highest BCUT2D eigenvalue weighted by Gasteiger charge is 2.26. The standard InChI is InChI=1S/C21H20N4O6S/c1-28-16-9-8-14(25-11-5-10-22-25)12-15(16)19-13-20(23-31-19)24-32(26,27)21-17(29-2)6-4-7-18(21)30-3/h4-13H,1-3H3,(H,23,24). The van der Waals surface area contributed by atoms with E-state index in [2.05, 4.69) is 15.0 Å². The number of nitrogens with one attached hydrogen (secondary N) is 1. The number of benzene rings is 2. The number of hydrogen-bond acceptors (Lipinski definition) is 8. The van der Waals surface area contributed by atoms with Gasteiger partial charge in [-0.3, -0.25) is 4.72 Å². The van der Waals surface area contributed by atoms with Gasteiger partial charge in [-0.2, -0.15) is 5.10 Å². The van der Waals surface area contributed by atoms with Crippen LogP contribution in [-0.2, 0) is 10.0 Å². The molecule has 4 rings (SSSR count). The largest absolute Gasteiger partial charge is 0.496 e. The van der Waals surface area contributed by atoms with Crippen molar-refractivity contribution in [2.45, 2.75) is 4.90 Å². The monoisotopic (exact) mass is 456 g/mol. The van der Waals surface area contributed by atoms with Crippen LogP contribution in [0.1, 0.15) is 0 Å². The molecular weight excluding hydrogens is 436 g/mol. The van der Waals surface area contributed by atoms with E-state index in [1.165, 1.54) is 39.5 Å². The Labute approximate surface area is 184 Å². The maximum atomic E-state index is 13.1. The molecule has 0 radical (unpaired) electrons. The van der Waals surface area contributed by atoms with Crippen LogP contribution in [-0.4, -0.2) is 44.7 Å². The van der Waals surface area contributed by atoms with E-state index < -0.39 is 10.0 Å². The molecule has 0 aliphatic rings. The first-order valence-electron chi connectivity index (χ1n) is 9.36. The summed E-state index contributed by atoms with van der Waals surface area (Å²) in [6, 6.07) is 13.3. The van der Waals surface area contributed by atoms with Crippen LogP contribution >= 0.6 is 0 Å². The average Bonchev–Trinajstić information content (AvgIpc) is 3.50. The van der Waals surface area contributed by atoms with E-state index in [-0.39, 0.29) is 22.2 Å². The molecule has 11 heteroatoms. The summed E-state index contributed by atoms with van der Waals surface area (Å²) in [5.41, 5.74) is 1.34. The van der Waals surface area contributed by atoms with E-state index in [0.717, 1.165) is 5.69 Å². The number of aromatic nitrogens is 3. The molecule has 0 fully saturated rings. The fourth-order valence-electron chi connectivity index (χ4n) is 3.17. The molecule has 0 spiro atoms. The lowest BCUT2D eigenvalue weighted by molar-refractivity contribution is 0.373. The molecule has 4 aromatic rings. The highest BCUT2D eigenvalue weighted by Crippen LogP contribution is 2.36. The van der Waals surface area contributed by atoms with Crippen molar-refractivity contribution in [2.75, 3.05) is 26.1 Å². The highest BCUT2D eigenvalue weighted by atomic mass is 32.2. The summed E-state index contributed by atoms with van der Waals surface area (Å²) in [6.45, 7) is 0. The average molecular weight is 456 g/mol. The molecule has 166 valence electrons. The van der Waals surface area contributed by atoms with E-state index in [0.29, 0.717) is 17.1 Å². The SMILES string of the molecule is COc1ccc(-n2cccn2)cc1-c1cc(NS(=O)(=O)c2c(OC)cccc2OC)no1. The van der Waals surface area contributed by atoms with Gasteiger partial charge in [0.05, 0.1) is 32.6 Å². The predicted octanol–water partition coefficient (Wildman–Crippen LogP) is 3.35. The first-order chi connectivity index (χ1) is 15.5. The Bertz CT molecular complexity index is 1310. The predicted molar refractivity (Wildman–Crippen MR) is 116 cm³/mol. The van der Waals surface area contributed by atoms with E-state index in [4.69, 9.17) is 18.7 Å². The maximum Gasteiger partial charge on any atom is 0.270 e. The van der Waals surface area contributed by atoms with E-state index in [1.54, 1.807) is 41.3 Å². The molecule has 2 aromatic heterocycles. The Balaban J connectivity index is 1.69. The van der Waals surface area contributed by atoms with Gasteiger partial charge in [0.1, 0.15) is 17.2 Å². The first kappa shape index (κ1) is 21.2. The molecule has 0 aliphatic carbocycles. The maximum absolute atomic E-state index is 13.1. The summed E-state index contributed by atoms with van der Waals surface area (Å²) in [5, 5.41) is 8.07. The van der Waals surface area contributed by atoms with Gasteiger partial charge in [0.25, 0.3) is 10.0 Å². The number of rotatable bonds is 8. The smallest absolute Gasteiger partial charge is 0.270 e. The van der Waals surface area contributed by atoms with Crippen molar-refractivity contribution in [3.05, 3.63) is 60.9 Å². The zero-order valence-electron chi connectivity index (χ0n) is 17.5. The third kappa shape index (κ3) is 3.97. The Morgan fingerprint density at radius 3 is 2.28 bits per heavy atom. The van der Waals surface area contributed by atoms with Crippen molar-refractivity contribution >= 4 is 15.8 Å². The Morgan fingerprint density at radius 1 is 0.938 bits per heavy atom. The number of nitrogens with zero attached hydrogens (tertiary/aromatic N) is 3. The zero-order chi connectivity index (χ0) is 22.7. The van der Waals surface area contributed by atoms with Gasteiger partial charge in [-0.05, 0) is 36.4 Å². The molecule has 2 heterocycles. The molecule has 1 N–H and O–H groups in total. The second kappa shape index (κ2) is 8.63. The van der Waals surface area contributed by atoms with Crippen LogP contribution in [0.2, 0.25) is 0 Å². The van der Waals surface area contributed by atoms with E-state index >= 15 is 0 Å². The number of methoxy groups -OCH3 is 3. The van der Waals surface area contributed by atoms with Crippen molar-refractivity contribution in [2.24, 2.45) is 0 Å². The van der Waals surface area contributed by atoms with Crippen molar-refractivity contribution < 1.29 is 27.2 Å². The summed E-state index contributed by atoms with van der Waals surface area (Å²) < 4.78 is 51.4. The third-order valence-electron chi connectivity index (χ3n) is 4.62. The molecule has 0 saturated heterocycles. The van der Waals surface area contributed by atoms with Gasteiger partial charge in [0.15, 0.2) is 16.5 Å². The van der Waals surface area contributed by atoms with Gasteiger partial charge in [-0.25, -0.2) is 13.1 Å². The Kier molecular flexibility index (Phi) is 5.73. The Hall–Kier alpha value is -3.99. The summed E-state index contributed by atoms with van der Waals surface area (Å²) in [6.07, 6.45) is 3.46. The van der Waals surface area contributed by atoms with Crippen molar-refractivity contribution in [3.63, 3.8) is 0 Å². The fraction of sp³-hybridized carbons (Fsp3) is 0.143. The summed E-state index contributed by atoms with van der Waals surface area (Å²) in [5.74, 6) is 1.08. The summed E-state index contributed by atoms with van der Waals surface area (Å²) >= 11 is 0. The topological polar surface area (TPSA) is 118 Å².